The lowest BCUT2D eigenvalue weighted by molar-refractivity contribution is 0.0576. The SMILES string of the molecule is C[S+]([O-])Cc1cc(Nc2cc(N(C(=O)OC(C)(C)C)C3CC3)n3ncc(C#N)c3n2)ccc1C1=CCN(C(=O)O)C1. The maximum Gasteiger partial charge on any atom is 0.416 e. The van der Waals surface area contributed by atoms with Crippen molar-refractivity contribution in [3.63, 3.8) is 0 Å². The van der Waals surface area contributed by atoms with Gasteiger partial charge in [0.2, 0.25) is 0 Å². The Balaban J connectivity index is 1.53. The zero-order chi connectivity index (χ0) is 29.5. The van der Waals surface area contributed by atoms with Gasteiger partial charge in [-0.1, -0.05) is 23.3 Å². The largest absolute Gasteiger partial charge is 0.616 e. The van der Waals surface area contributed by atoms with Gasteiger partial charge in [-0.3, -0.25) is 4.90 Å². The van der Waals surface area contributed by atoms with Gasteiger partial charge in [0.1, 0.15) is 34.6 Å². The normalized spacial score (nSPS) is 15.8. The summed E-state index contributed by atoms with van der Waals surface area (Å²) in [5, 5.41) is 26.6. The van der Waals surface area contributed by atoms with Crippen LogP contribution in [-0.2, 0) is 21.7 Å². The van der Waals surface area contributed by atoms with Crippen LogP contribution in [0.15, 0.2) is 36.5 Å². The molecule has 1 saturated carbocycles. The van der Waals surface area contributed by atoms with Crippen LogP contribution < -0.4 is 10.2 Å². The van der Waals surface area contributed by atoms with Crippen LogP contribution in [-0.4, -0.2) is 72.3 Å². The highest BCUT2D eigenvalue weighted by atomic mass is 32.2. The number of anilines is 3. The number of nitriles is 1. The first-order chi connectivity index (χ1) is 19.4. The topological polar surface area (TPSA) is 159 Å². The monoisotopic (exact) mass is 577 g/mol. The van der Waals surface area contributed by atoms with Crippen molar-refractivity contribution in [1.82, 2.24) is 19.5 Å². The summed E-state index contributed by atoms with van der Waals surface area (Å²) in [7, 11) is 0. The number of nitrogens with zero attached hydrogens (tertiary/aromatic N) is 6. The number of amides is 2. The van der Waals surface area contributed by atoms with Gasteiger partial charge < -0.3 is 24.6 Å². The standard InChI is InChI=1S/C28H31N7O5S/c1-28(2,3)40-27(38)34(21-6-7-21)24-12-23(32-25-19(13-29)14-30-35(24)25)31-20-5-8-22(18(11-20)16-41(4)39)17-9-10-33(15-17)26(36)37/h5,8-9,11-12,14,21H,6-7,10,15-16H2,1-4H3,(H,31,32)(H,36,37). The molecule has 214 valence electrons. The number of ether oxygens (including phenoxy) is 1. The molecule has 1 atom stereocenters. The van der Waals surface area contributed by atoms with Crippen molar-refractivity contribution in [2.75, 3.05) is 29.6 Å². The van der Waals surface area contributed by atoms with Gasteiger partial charge in [0, 0.05) is 36.4 Å². The fourth-order valence-electron chi connectivity index (χ4n) is 4.70. The predicted molar refractivity (Wildman–Crippen MR) is 155 cm³/mol. The molecule has 1 aromatic carbocycles. The molecule has 1 aliphatic heterocycles. The number of nitrogens with one attached hydrogen (secondary N) is 1. The lowest BCUT2D eigenvalue weighted by Gasteiger charge is -2.27. The summed E-state index contributed by atoms with van der Waals surface area (Å²) in [5.41, 5.74) is 2.99. The Labute approximate surface area is 240 Å². The van der Waals surface area contributed by atoms with Crippen LogP contribution >= 0.6 is 0 Å². The minimum Gasteiger partial charge on any atom is -0.616 e. The Morgan fingerprint density at radius 3 is 2.68 bits per heavy atom. The summed E-state index contributed by atoms with van der Waals surface area (Å²) < 4.78 is 19.4. The first kappa shape index (κ1) is 28.3. The van der Waals surface area contributed by atoms with Gasteiger partial charge in [0.15, 0.2) is 5.65 Å². The summed E-state index contributed by atoms with van der Waals surface area (Å²) in [4.78, 5) is 32.2. The maximum absolute atomic E-state index is 13.3. The van der Waals surface area contributed by atoms with Gasteiger partial charge in [-0.15, -0.1) is 0 Å². The Kier molecular flexibility index (Phi) is 7.54. The number of benzene rings is 1. The number of carbonyl (C=O) groups excluding carboxylic acids is 1. The molecule has 1 aliphatic carbocycles. The number of carboxylic acid groups (broad SMARTS) is 1. The van der Waals surface area contributed by atoms with Crippen LogP contribution in [0.4, 0.5) is 26.9 Å². The molecule has 0 spiro atoms. The average Bonchev–Trinajstić information content (AvgIpc) is 3.41. The minimum absolute atomic E-state index is 0.0616. The Hall–Kier alpha value is -4.28. The van der Waals surface area contributed by atoms with Crippen LogP contribution in [0.5, 0.6) is 0 Å². The summed E-state index contributed by atoms with van der Waals surface area (Å²) in [6.45, 7) is 5.97. The van der Waals surface area contributed by atoms with E-state index in [9.17, 15) is 24.5 Å². The van der Waals surface area contributed by atoms with Crippen molar-refractivity contribution < 1.29 is 24.0 Å². The van der Waals surface area contributed by atoms with E-state index in [0.717, 1.165) is 29.5 Å². The summed E-state index contributed by atoms with van der Waals surface area (Å²) >= 11 is -1.15. The third-order valence-corrected chi connectivity index (χ3v) is 7.31. The highest BCUT2D eigenvalue weighted by Crippen LogP contribution is 2.35. The summed E-state index contributed by atoms with van der Waals surface area (Å²) in [6.07, 6.45) is 5.02. The molecule has 2 amide bonds. The van der Waals surface area contributed by atoms with E-state index in [4.69, 9.17) is 4.74 Å². The molecular formula is C28H31N7O5S. The lowest BCUT2D eigenvalue weighted by Crippen LogP contribution is -2.39. The molecule has 3 aromatic rings. The molecule has 0 saturated heterocycles. The highest BCUT2D eigenvalue weighted by Gasteiger charge is 2.38. The fraction of sp³-hybridized carbons (Fsp3) is 0.393. The van der Waals surface area contributed by atoms with E-state index in [2.05, 4.69) is 21.5 Å². The second-order valence-electron chi connectivity index (χ2n) is 11.1. The van der Waals surface area contributed by atoms with E-state index in [1.54, 1.807) is 38.0 Å². The van der Waals surface area contributed by atoms with Crippen LogP contribution in [0, 0.1) is 11.3 Å². The van der Waals surface area contributed by atoms with Crippen molar-refractivity contribution in [2.45, 2.75) is 51.0 Å². The second-order valence-corrected chi connectivity index (χ2v) is 12.5. The van der Waals surface area contributed by atoms with Crippen LogP contribution in [0.25, 0.3) is 11.2 Å². The van der Waals surface area contributed by atoms with Gasteiger partial charge in [-0.05, 0) is 56.9 Å². The third kappa shape index (κ3) is 6.23. The van der Waals surface area contributed by atoms with Gasteiger partial charge in [-0.2, -0.15) is 14.9 Å². The minimum atomic E-state index is -1.15. The van der Waals surface area contributed by atoms with Crippen molar-refractivity contribution in [2.24, 2.45) is 0 Å². The van der Waals surface area contributed by atoms with Gasteiger partial charge in [-0.25, -0.2) is 14.6 Å². The van der Waals surface area contributed by atoms with E-state index in [-0.39, 0.29) is 29.6 Å². The van der Waals surface area contributed by atoms with E-state index in [0.29, 0.717) is 23.9 Å². The number of hydrogen-bond acceptors (Lipinski definition) is 8. The Morgan fingerprint density at radius 2 is 2.07 bits per heavy atom. The molecule has 12 nitrogen and oxygen atoms in total. The number of fused-ring (bicyclic) bond motifs is 1. The molecule has 2 N–H and O–H groups in total. The molecule has 1 fully saturated rings. The maximum atomic E-state index is 13.3. The van der Waals surface area contributed by atoms with E-state index in [1.807, 2.05) is 24.3 Å². The molecule has 5 rings (SSSR count). The quantitative estimate of drug-likeness (QED) is 0.385. The molecule has 0 radical (unpaired) electrons. The molecular weight excluding hydrogens is 546 g/mol. The molecule has 13 heteroatoms. The lowest BCUT2D eigenvalue weighted by atomic mass is 10.0. The van der Waals surface area contributed by atoms with Crippen molar-refractivity contribution in [1.29, 1.82) is 5.26 Å². The molecule has 0 bridgehead atoms. The van der Waals surface area contributed by atoms with Crippen LogP contribution in [0.2, 0.25) is 0 Å². The van der Waals surface area contributed by atoms with E-state index in [1.165, 1.54) is 15.6 Å². The van der Waals surface area contributed by atoms with Crippen molar-refractivity contribution >= 4 is 51.9 Å². The predicted octanol–water partition coefficient (Wildman–Crippen LogP) is 4.50. The molecule has 2 aliphatic rings. The smallest absolute Gasteiger partial charge is 0.416 e. The summed E-state index contributed by atoms with van der Waals surface area (Å²) in [5.74, 6) is 1.08. The number of hydrogen-bond donors (Lipinski definition) is 2. The number of rotatable bonds is 7. The highest BCUT2D eigenvalue weighted by molar-refractivity contribution is 7.89. The third-order valence-electron chi connectivity index (χ3n) is 6.59. The molecule has 2 aromatic heterocycles. The molecule has 41 heavy (non-hydrogen) atoms. The van der Waals surface area contributed by atoms with Crippen LogP contribution in [0.3, 0.4) is 0 Å². The van der Waals surface area contributed by atoms with Gasteiger partial charge in [0.25, 0.3) is 0 Å². The zero-order valence-corrected chi connectivity index (χ0v) is 24.1. The Morgan fingerprint density at radius 1 is 1.32 bits per heavy atom. The Bertz CT molecular complexity index is 1580. The first-order valence-corrected chi connectivity index (χ1v) is 14.8. The van der Waals surface area contributed by atoms with E-state index < -0.39 is 29.0 Å². The fourth-order valence-corrected chi connectivity index (χ4v) is 5.38. The first-order valence-electron chi connectivity index (χ1n) is 13.1. The number of aromatic nitrogens is 3. The van der Waals surface area contributed by atoms with Crippen molar-refractivity contribution in [3.8, 4) is 6.07 Å². The number of carbonyl (C=O) groups is 2. The summed E-state index contributed by atoms with van der Waals surface area (Å²) in [6, 6.07) is 9.31. The second kappa shape index (κ2) is 10.9. The van der Waals surface area contributed by atoms with Crippen molar-refractivity contribution in [3.05, 3.63) is 53.2 Å². The zero-order valence-electron chi connectivity index (χ0n) is 23.2. The molecule has 1 unspecified atom stereocenters. The average molecular weight is 578 g/mol. The van der Waals surface area contributed by atoms with E-state index >= 15 is 0 Å². The van der Waals surface area contributed by atoms with Crippen LogP contribution in [0.1, 0.15) is 50.3 Å². The van der Waals surface area contributed by atoms with Gasteiger partial charge >= 0.3 is 12.2 Å². The molecule has 3 heterocycles. The van der Waals surface area contributed by atoms with Gasteiger partial charge in [0.05, 0.1) is 12.5 Å².